The van der Waals surface area contributed by atoms with Gasteiger partial charge in [-0.3, -0.25) is 0 Å². The smallest absolute Gasteiger partial charge is 0.0720 e. The van der Waals surface area contributed by atoms with Gasteiger partial charge in [-0.05, 0) is 23.3 Å². The van der Waals surface area contributed by atoms with Crippen molar-refractivity contribution >= 4 is 11.4 Å². The molecule has 0 aromatic heterocycles. The van der Waals surface area contributed by atoms with E-state index in [9.17, 15) is 4.91 Å². The average molecular weight is 210 g/mol. The number of anilines is 2. The van der Waals surface area contributed by atoms with Crippen LogP contribution in [0.2, 0.25) is 0 Å². The summed E-state index contributed by atoms with van der Waals surface area (Å²) in [6, 6.07) is 15.7. The van der Waals surface area contributed by atoms with Gasteiger partial charge in [-0.2, -0.15) is 5.01 Å². The fourth-order valence-corrected chi connectivity index (χ4v) is 2.16. The second-order valence-electron chi connectivity index (χ2n) is 3.83. The van der Waals surface area contributed by atoms with Crippen molar-refractivity contribution in [1.29, 1.82) is 0 Å². The van der Waals surface area contributed by atoms with Crippen LogP contribution >= 0.6 is 0 Å². The lowest BCUT2D eigenvalue weighted by molar-refractivity contribution is 0.986. The third-order valence-electron chi connectivity index (χ3n) is 2.90. The van der Waals surface area contributed by atoms with Crippen molar-refractivity contribution in [3.05, 3.63) is 64.6 Å². The second-order valence-corrected chi connectivity index (χ2v) is 3.83. The first-order valence-electron chi connectivity index (χ1n) is 5.19. The summed E-state index contributed by atoms with van der Waals surface area (Å²) in [5.41, 5.74) is 4.05. The normalized spacial score (nSPS) is 12.9. The molecule has 0 amide bonds. The molecule has 0 saturated heterocycles. The zero-order chi connectivity index (χ0) is 11.0. The topological polar surface area (TPSA) is 32.7 Å². The standard InChI is InChI=1S/C13H10N2O/c16-14-15-12-7-3-1-5-10(12)9-11-6-2-4-8-13(11)15/h1-8H,9H2. The summed E-state index contributed by atoms with van der Waals surface area (Å²) >= 11 is 0. The van der Waals surface area contributed by atoms with Gasteiger partial charge in [0.25, 0.3) is 0 Å². The molecule has 0 aliphatic carbocycles. The summed E-state index contributed by atoms with van der Waals surface area (Å²) in [7, 11) is 0. The van der Waals surface area contributed by atoms with E-state index in [0.29, 0.717) is 0 Å². The molecular weight excluding hydrogens is 200 g/mol. The third kappa shape index (κ3) is 1.21. The fraction of sp³-hybridized carbons (Fsp3) is 0.0769. The number of hydrogen-bond acceptors (Lipinski definition) is 2. The van der Waals surface area contributed by atoms with E-state index in [1.54, 1.807) is 0 Å². The molecule has 0 N–H and O–H groups in total. The monoisotopic (exact) mass is 210 g/mol. The van der Waals surface area contributed by atoms with Crippen LogP contribution in [0.1, 0.15) is 11.1 Å². The summed E-state index contributed by atoms with van der Waals surface area (Å²) in [5, 5.41) is 4.58. The van der Waals surface area contributed by atoms with Gasteiger partial charge in [-0.15, -0.1) is 4.91 Å². The lowest BCUT2D eigenvalue weighted by Gasteiger charge is -2.26. The SMILES string of the molecule is O=NN1c2ccccc2Cc2ccccc21. The van der Waals surface area contributed by atoms with E-state index in [-0.39, 0.29) is 0 Å². The van der Waals surface area contributed by atoms with E-state index in [1.807, 2.05) is 48.5 Å². The Morgan fingerprint density at radius 3 is 1.88 bits per heavy atom. The third-order valence-corrected chi connectivity index (χ3v) is 2.90. The summed E-state index contributed by atoms with van der Waals surface area (Å²) < 4.78 is 0. The molecule has 3 rings (SSSR count). The molecule has 16 heavy (non-hydrogen) atoms. The number of para-hydroxylation sites is 2. The molecule has 1 aliphatic heterocycles. The number of nitroso groups, excluding NO2 is 1. The van der Waals surface area contributed by atoms with Crippen molar-refractivity contribution in [3.63, 3.8) is 0 Å². The molecule has 0 atom stereocenters. The quantitative estimate of drug-likeness (QED) is 0.675. The van der Waals surface area contributed by atoms with Crippen LogP contribution in [0.3, 0.4) is 0 Å². The maximum absolute atomic E-state index is 11.0. The summed E-state index contributed by atoms with van der Waals surface area (Å²) in [6.07, 6.45) is 0.859. The Bertz CT molecular complexity index is 506. The molecule has 2 aromatic carbocycles. The molecule has 0 unspecified atom stereocenters. The van der Waals surface area contributed by atoms with Gasteiger partial charge in [0.15, 0.2) is 0 Å². The van der Waals surface area contributed by atoms with Crippen molar-refractivity contribution in [2.24, 2.45) is 5.29 Å². The molecule has 3 heteroatoms. The fourth-order valence-electron chi connectivity index (χ4n) is 2.16. The Kier molecular flexibility index (Phi) is 1.96. The Morgan fingerprint density at radius 1 is 0.875 bits per heavy atom. The number of nitrogens with zero attached hydrogens (tertiary/aromatic N) is 2. The van der Waals surface area contributed by atoms with Crippen molar-refractivity contribution in [1.82, 2.24) is 0 Å². The van der Waals surface area contributed by atoms with E-state index in [4.69, 9.17) is 0 Å². The molecule has 2 aromatic rings. The molecule has 1 aliphatic rings. The van der Waals surface area contributed by atoms with Crippen molar-refractivity contribution in [2.75, 3.05) is 5.01 Å². The molecule has 78 valence electrons. The van der Waals surface area contributed by atoms with E-state index >= 15 is 0 Å². The van der Waals surface area contributed by atoms with Crippen molar-refractivity contribution in [2.45, 2.75) is 6.42 Å². The highest BCUT2D eigenvalue weighted by molar-refractivity contribution is 5.73. The maximum atomic E-state index is 11.0. The minimum absolute atomic E-state index is 0.859. The van der Waals surface area contributed by atoms with Crippen LogP contribution in [0.25, 0.3) is 0 Å². The Balaban J connectivity index is 2.23. The Hall–Kier alpha value is -2.16. The molecule has 0 spiro atoms. The summed E-state index contributed by atoms with van der Waals surface area (Å²) in [6.45, 7) is 0. The van der Waals surface area contributed by atoms with Gasteiger partial charge in [0.1, 0.15) is 0 Å². The predicted molar refractivity (Wildman–Crippen MR) is 63.6 cm³/mol. The lowest BCUT2D eigenvalue weighted by atomic mass is 9.97. The van der Waals surface area contributed by atoms with Crippen LogP contribution in [0, 0.1) is 4.91 Å². The van der Waals surface area contributed by atoms with Gasteiger partial charge < -0.3 is 0 Å². The zero-order valence-electron chi connectivity index (χ0n) is 8.63. The van der Waals surface area contributed by atoms with Gasteiger partial charge in [0, 0.05) is 6.42 Å². The number of hydrogen-bond donors (Lipinski definition) is 0. The molecule has 0 bridgehead atoms. The maximum Gasteiger partial charge on any atom is 0.0720 e. The number of benzene rings is 2. The van der Waals surface area contributed by atoms with Crippen LogP contribution in [0.4, 0.5) is 11.4 Å². The van der Waals surface area contributed by atoms with Crippen LogP contribution < -0.4 is 5.01 Å². The minimum atomic E-state index is 0.859. The Labute approximate surface area is 93.3 Å². The lowest BCUT2D eigenvalue weighted by Crippen LogP contribution is -2.16. The van der Waals surface area contributed by atoms with Gasteiger partial charge >= 0.3 is 0 Å². The number of fused-ring (bicyclic) bond motifs is 2. The summed E-state index contributed by atoms with van der Waals surface area (Å²) in [4.78, 5) is 11.0. The first-order chi connectivity index (χ1) is 7.90. The van der Waals surface area contributed by atoms with E-state index in [2.05, 4.69) is 5.29 Å². The average Bonchev–Trinajstić information content (AvgIpc) is 2.36. The van der Waals surface area contributed by atoms with E-state index in [1.165, 1.54) is 5.01 Å². The second kappa shape index (κ2) is 3.45. The van der Waals surface area contributed by atoms with Gasteiger partial charge in [0.2, 0.25) is 0 Å². The zero-order valence-corrected chi connectivity index (χ0v) is 8.63. The van der Waals surface area contributed by atoms with Gasteiger partial charge in [-0.1, -0.05) is 36.4 Å². The summed E-state index contributed by atoms with van der Waals surface area (Å²) in [5.74, 6) is 0. The van der Waals surface area contributed by atoms with Gasteiger partial charge in [-0.25, -0.2) is 0 Å². The largest absolute Gasteiger partial charge is 0.197 e. The molecular formula is C13H10N2O. The van der Waals surface area contributed by atoms with Crippen molar-refractivity contribution < 1.29 is 0 Å². The van der Waals surface area contributed by atoms with Crippen molar-refractivity contribution in [3.8, 4) is 0 Å². The Morgan fingerprint density at radius 2 is 1.38 bits per heavy atom. The molecule has 0 radical (unpaired) electrons. The van der Waals surface area contributed by atoms with Gasteiger partial charge in [0.05, 0.1) is 16.7 Å². The number of rotatable bonds is 1. The van der Waals surface area contributed by atoms with E-state index in [0.717, 1.165) is 28.9 Å². The molecule has 0 saturated carbocycles. The highest BCUT2D eigenvalue weighted by Crippen LogP contribution is 2.38. The van der Waals surface area contributed by atoms with E-state index < -0.39 is 0 Å². The molecule has 1 heterocycles. The first kappa shape index (κ1) is 9.09. The van der Waals surface area contributed by atoms with Crippen LogP contribution in [-0.4, -0.2) is 0 Å². The van der Waals surface area contributed by atoms with Crippen LogP contribution in [0.5, 0.6) is 0 Å². The van der Waals surface area contributed by atoms with Crippen LogP contribution in [-0.2, 0) is 6.42 Å². The highest BCUT2D eigenvalue weighted by atomic mass is 16.3. The highest BCUT2D eigenvalue weighted by Gasteiger charge is 2.22. The molecule has 0 fully saturated rings. The minimum Gasteiger partial charge on any atom is -0.197 e. The first-order valence-corrected chi connectivity index (χ1v) is 5.19. The molecule has 3 nitrogen and oxygen atoms in total. The predicted octanol–water partition coefficient (Wildman–Crippen LogP) is 3.41. The van der Waals surface area contributed by atoms with Crippen LogP contribution in [0.15, 0.2) is 53.8 Å².